The van der Waals surface area contributed by atoms with Crippen molar-refractivity contribution in [2.24, 2.45) is 0 Å². The topological polar surface area (TPSA) is 46.6 Å². The van der Waals surface area contributed by atoms with Gasteiger partial charge in [-0.2, -0.15) is 0 Å². The van der Waals surface area contributed by atoms with Crippen LogP contribution in [0.25, 0.3) is 0 Å². The highest BCUT2D eigenvalue weighted by molar-refractivity contribution is 9.10. The number of halogens is 1. The van der Waals surface area contributed by atoms with E-state index in [9.17, 15) is 9.59 Å². The van der Waals surface area contributed by atoms with Crippen LogP contribution in [0.5, 0.6) is 5.75 Å². The fraction of sp³-hybridized carbons (Fsp3) is 0. The maximum atomic E-state index is 12.1. The zero-order chi connectivity index (χ0) is 13.4. The number of imide groups is 1. The summed E-state index contributed by atoms with van der Waals surface area (Å²) in [7, 11) is 0. The first-order chi connectivity index (χ1) is 9.16. The van der Waals surface area contributed by atoms with Gasteiger partial charge in [0.05, 0.1) is 11.1 Å². The van der Waals surface area contributed by atoms with Gasteiger partial charge in [0, 0.05) is 4.47 Å². The Hall–Kier alpha value is -2.14. The Morgan fingerprint density at radius 1 is 0.895 bits per heavy atom. The molecule has 0 saturated carbocycles. The smallest absolute Gasteiger partial charge is 0.295 e. The van der Waals surface area contributed by atoms with E-state index >= 15 is 0 Å². The monoisotopic (exact) mass is 317 g/mol. The standard InChI is InChI=1S/C14H8BrNO3/c15-9-4-3-5-10(8-9)19-16-13(17)11-6-1-2-7-12(11)14(16)18/h1-8H. The molecule has 0 radical (unpaired) electrons. The Balaban J connectivity index is 1.92. The van der Waals surface area contributed by atoms with Crippen LogP contribution in [0.3, 0.4) is 0 Å². The van der Waals surface area contributed by atoms with Gasteiger partial charge in [0.2, 0.25) is 0 Å². The number of hydrogen-bond donors (Lipinski definition) is 0. The highest BCUT2D eigenvalue weighted by Gasteiger charge is 2.37. The van der Waals surface area contributed by atoms with Crippen molar-refractivity contribution in [1.82, 2.24) is 5.06 Å². The minimum atomic E-state index is -0.444. The predicted octanol–water partition coefficient (Wildman–Crippen LogP) is 3.04. The summed E-state index contributed by atoms with van der Waals surface area (Å²) >= 11 is 3.30. The van der Waals surface area contributed by atoms with Crippen molar-refractivity contribution >= 4 is 27.7 Å². The Morgan fingerprint density at radius 2 is 1.53 bits per heavy atom. The molecular weight excluding hydrogens is 310 g/mol. The van der Waals surface area contributed by atoms with Gasteiger partial charge in [0.1, 0.15) is 0 Å². The van der Waals surface area contributed by atoms with Gasteiger partial charge in [-0.1, -0.05) is 39.2 Å². The lowest BCUT2D eigenvalue weighted by Gasteiger charge is -2.14. The highest BCUT2D eigenvalue weighted by atomic mass is 79.9. The van der Waals surface area contributed by atoms with Gasteiger partial charge in [-0.05, 0) is 30.3 Å². The lowest BCUT2D eigenvalue weighted by atomic mass is 10.1. The molecule has 0 aliphatic carbocycles. The third kappa shape index (κ3) is 2.02. The van der Waals surface area contributed by atoms with Gasteiger partial charge in [0.15, 0.2) is 5.75 Å². The molecule has 0 atom stereocenters. The first kappa shape index (κ1) is 11.9. The van der Waals surface area contributed by atoms with E-state index < -0.39 is 11.8 Å². The average molecular weight is 318 g/mol. The van der Waals surface area contributed by atoms with Gasteiger partial charge in [-0.3, -0.25) is 9.59 Å². The summed E-state index contributed by atoms with van der Waals surface area (Å²) in [5.41, 5.74) is 0.727. The Kier molecular flexibility index (Phi) is 2.83. The Bertz CT molecular complexity index is 649. The van der Waals surface area contributed by atoms with Crippen LogP contribution in [0.1, 0.15) is 20.7 Å². The van der Waals surface area contributed by atoms with Crippen LogP contribution in [0.2, 0.25) is 0 Å². The zero-order valence-corrected chi connectivity index (χ0v) is 11.3. The molecule has 3 rings (SSSR count). The summed E-state index contributed by atoms with van der Waals surface area (Å²) in [5.74, 6) is -0.468. The molecule has 2 amide bonds. The number of hydroxylamine groups is 2. The summed E-state index contributed by atoms with van der Waals surface area (Å²) in [6.45, 7) is 0. The quantitative estimate of drug-likeness (QED) is 0.800. The molecule has 0 spiro atoms. The van der Waals surface area contributed by atoms with E-state index in [0.29, 0.717) is 16.9 Å². The summed E-state index contributed by atoms with van der Waals surface area (Å²) in [6, 6.07) is 13.6. The minimum Gasteiger partial charge on any atom is -0.368 e. The van der Waals surface area contributed by atoms with E-state index in [1.165, 1.54) is 0 Å². The van der Waals surface area contributed by atoms with Crippen molar-refractivity contribution in [3.05, 3.63) is 64.1 Å². The lowest BCUT2D eigenvalue weighted by Crippen LogP contribution is -2.33. The van der Waals surface area contributed by atoms with E-state index in [1.54, 1.807) is 42.5 Å². The molecular formula is C14H8BrNO3. The van der Waals surface area contributed by atoms with E-state index in [4.69, 9.17) is 4.84 Å². The second-order valence-electron chi connectivity index (χ2n) is 4.00. The van der Waals surface area contributed by atoms with Crippen molar-refractivity contribution < 1.29 is 14.4 Å². The van der Waals surface area contributed by atoms with E-state index in [0.717, 1.165) is 9.54 Å². The molecule has 0 bridgehead atoms. The summed E-state index contributed by atoms with van der Waals surface area (Å²) in [4.78, 5) is 29.5. The second kappa shape index (κ2) is 4.51. The number of benzene rings is 2. The first-order valence-electron chi connectivity index (χ1n) is 5.58. The molecule has 0 fully saturated rings. The minimum absolute atomic E-state index is 0.363. The van der Waals surface area contributed by atoms with E-state index in [2.05, 4.69) is 15.9 Å². The van der Waals surface area contributed by atoms with Gasteiger partial charge in [0.25, 0.3) is 11.8 Å². The number of carbonyl (C=O) groups is 2. The van der Waals surface area contributed by atoms with Crippen LogP contribution in [-0.2, 0) is 0 Å². The van der Waals surface area contributed by atoms with Crippen LogP contribution in [0.15, 0.2) is 53.0 Å². The molecule has 94 valence electrons. The summed E-state index contributed by atoms with van der Waals surface area (Å²) < 4.78 is 0.807. The van der Waals surface area contributed by atoms with E-state index in [-0.39, 0.29) is 0 Å². The normalized spacial score (nSPS) is 13.6. The molecule has 0 aromatic heterocycles. The third-order valence-corrected chi connectivity index (χ3v) is 3.24. The molecule has 0 saturated heterocycles. The number of carbonyl (C=O) groups excluding carboxylic acids is 2. The van der Waals surface area contributed by atoms with Crippen LogP contribution >= 0.6 is 15.9 Å². The molecule has 1 aliphatic heterocycles. The van der Waals surface area contributed by atoms with Crippen molar-refractivity contribution in [2.75, 3.05) is 0 Å². The first-order valence-corrected chi connectivity index (χ1v) is 6.37. The molecule has 4 nitrogen and oxygen atoms in total. The molecule has 1 heterocycles. The van der Waals surface area contributed by atoms with Gasteiger partial charge in [-0.15, -0.1) is 0 Å². The van der Waals surface area contributed by atoms with Gasteiger partial charge < -0.3 is 4.84 Å². The maximum Gasteiger partial charge on any atom is 0.295 e. The number of rotatable bonds is 2. The number of amides is 2. The summed E-state index contributed by atoms with van der Waals surface area (Å²) in [5, 5.41) is 0.784. The van der Waals surface area contributed by atoms with Crippen molar-refractivity contribution in [2.45, 2.75) is 0 Å². The molecule has 1 aliphatic rings. The molecule has 0 N–H and O–H groups in total. The van der Waals surface area contributed by atoms with Crippen LogP contribution in [0, 0.1) is 0 Å². The van der Waals surface area contributed by atoms with Gasteiger partial charge in [-0.25, -0.2) is 0 Å². The molecule has 5 heteroatoms. The van der Waals surface area contributed by atoms with Crippen LogP contribution < -0.4 is 4.84 Å². The number of nitrogens with zero attached hydrogens (tertiary/aromatic N) is 1. The Labute approximate surface area is 117 Å². The number of hydrogen-bond acceptors (Lipinski definition) is 3. The molecule has 0 unspecified atom stereocenters. The van der Waals surface area contributed by atoms with Gasteiger partial charge >= 0.3 is 0 Å². The van der Waals surface area contributed by atoms with Crippen LogP contribution in [0.4, 0.5) is 0 Å². The molecule has 2 aromatic rings. The molecule has 19 heavy (non-hydrogen) atoms. The van der Waals surface area contributed by atoms with E-state index in [1.807, 2.05) is 6.07 Å². The van der Waals surface area contributed by atoms with Crippen LogP contribution in [-0.4, -0.2) is 16.9 Å². The SMILES string of the molecule is O=C1c2ccccc2C(=O)N1Oc1cccc(Br)c1. The highest BCUT2D eigenvalue weighted by Crippen LogP contribution is 2.25. The number of fused-ring (bicyclic) bond motifs is 1. The second-order valence-corrected chi connectivity index (χ2v) is 4.91. The fourth-order valence-electron chi connectivity index (χ4n) is 1.88. The third-order valence-electron chi connectivity index (χ3n) is 2.75. The molecule has 2 aromatic carbocycles. The summed E-state index contributed by atoms with van der Waals surface area (Å²) in [6.07, 6.45) is 0. The van der Waals surface area contributed by atoms with Crippen molar-refractivity contribution in [3.8, 4) is 5.75 Å². The van der Waals surface area contributed by atoms with Crippen molar-refractivity contribution in [3.63, 3.8) is 0 Å². The Morgan fingerprint density at radius 3 is 2.11 bits per heavy atom. The fourth-order valence-corrected chi connectivity index (χ4v) is 2.26. The average Bonchev–Trinajstić information content (AvgIpc) is 2.65. The predicted molar refractivity (Wildman–Crippen MR) is 71.7 cm³/mol. The maximum absolute atomic E-state index is 12.1. The zero-order valence-electron chi connectivity index (χ0n) is 9.67. The largest absolute Gasteiger partial charge is 0.368 e. The van der Waals surface area contributed by atoms with Crippen molar-refractivity contribution in [1.29, 1.82) is 0 Å². The lowest BCUT2D eigenvalue weighted by molar-refractivity contribution is -0.0141.